The molecule has 0 bridgehead atoms. The maximum atomic E-state index is 5.90. The van der Waals surface area contributed by atoms with Crippen molar-refractivity contribution < 1.29 is 18.9 Å². The lowest BCUT2D eigenvalue weighted by Crippen LogP contribution is -2.11. The molecule has 0 fully saturated rings. The molecule has 0 unspecified atom stereocenters. The van der Waals surface area contributed by atoms with E-state index in [2.05, 4.69) is 5.32 Å². The number of para-hydroxylation sites is 1. The Morgan fingerprint density at radius 1 is 1.05 bits per heavy atom. The van der Waals surface area contributed by atoms with Crippen molar-refractivity contribution in [2.75, 3.05) is 47.2 Å². The van der Waals surface area contributed by atoms with Crippen LogP contribution in [0.25, 0.3) is 0 Å². The van der Waals surface area contributed by atoms with E-state index in [-0.39, 0.29) is 0 Å². The Kier molecular flexibility index (Phi) is 9.61. The molecule has 0 atom stereocenters. The van der Waals surface area contributed by atoms with E-state index in [0.29, 0.717) is 33.0 Å². The summed E-state index contributed by atoms with van der Waals surface area (Å²) in [6.45, 7) is 5.87. The molecule has 1 aromatic carbocycles. The highest BCUT2D eigenvalue weighted by atomic mass is 16.5. The van der Waals surface area contributed by atoms with Gasteiger partial charge in [-0.2, -0.15) is 0 Å². The van der Waals surface area contributed by atoms with Crippen molar-refractivity contribution in [3.05, 3.63) is 23.8 Å². The minimum atomic E-state index is 0.605. The minimum absolute atomic E-state index is 0.605. The van der Waals surface area contributed by atoms with Crippen LogP contribution in [0, 0.1) is 0 Å². The molecule has 0 aromatic heterocycles. The molecule has 1 aromatic rings. The molecule has 21 heavy (non-hydrogen) atoms. The van der Waals surface area contributed by atoms with Gasteiger partial charge in [0.05, 0.1) is 26.4 Å². The van der Waals surface area contributed by atoms with Gasteiger partial charge in [0, 0.05) is 32.2 Å². The van der Waals surface area contributed by atoms with E-state index in [4.69, 9.17) is 18.9 Å². The van der Waals surface area contributed by atoms with E-state index >= 15 is 0 Å². The lowest BCUT2D eigenvalue weighted by Gasteiger charge is -2.16. The highest BCUT2D eigenvalue weighted by molar-refractivity contribution is 5.46. The van der Waals surface area contributed by atoms with Crippen molar-refractivity contribution in [3.8, 4) is 11.5 Å². The number of methoxy groups -OCH3 is 1. The normalized spacial score (nSPS) is 10.6. The lowest BCUT2D eigenvalue weighted by atomic mass is 10.2. The fourth-order valence-corrected chi connectivity index (χ4v) is 1.90. The minimum Gasteiger partial charge on any atom is -0.490 e. The van der Waals surface area contributed by atoms with Crippen LogP contribution in [0.1, 0.15) is 18.9 Å². The fourth-order valence-electron chi connectivity index (χ4n) is 1.90. The van der Waals surface area contributed by atoms with Crippen LogP contribution >= 0.6 is 0 Å². The van der Waals surface area contributed by atoms with E-state index < -0.39 is 0 Å². The molecule has 0 saturated heterocycles. The molecule has 0 amide bonds. The number of ether oxygens (including phenoxy) is 4. The summed E-state index contributed by atoms with van der Waals surface area (Å²) in [5, 5.41) is 3.14. The topological polar surface area (TPSA) is 49.0 Å². The molecule has 5 heteroatoms. The molecule has 0 heterocycles. The summed E-state index contributed by atoms with van der Waals surface area (Å²) < 4.78 is 21.9. The maximum absolute atomic E-state index is 5.90. The molecule has 0 aliphatic rings. The van der Waals surface area contributed by atoms with Crippen LogP contribution in [0.5, 0.6) is 11.5 Å². The van der Waals surface area contributed by atoms with E-state index in [0.717, 1.165) is 30.0 Å². The number of benzene rings is 1. The third-order valence-corrected chi connectivity index (χ3v) is 2.84. The van der Waals surface area contributed by atoms with Gasteiger partial charge < -0.3 is 24.3 Å². The average molecular weight is 297 g/mol. The monoisotopic (exact) mass is 297 g/mol. The van der Waals surface area contributed by atoms with Crippen molar-refractivity contribution in [1.29, 1.82) is 0 Å². The Hall–Kier alpha value is -1.30. The first-order chi connectivity index (χ1) is 10.3. The van der Waals surface area contributed by atoms with Crippen molar-refractivity contribution in [3.63, 3.8) is 0 Å². The van der Waals surface area contributed by atoms with Gasteiger partial charge in [-0.1, -0.05) is 12.1 Å². The summed E-state index contributed by atoms with van der Waals surface area (Å²) in [5.41, 5.74) is 1.10. The van der Waals surface area contributed by atoms with Crippen LogP contribution in [0.2, 0.25) is 0 Å². The van der Waals surface area contributed by atoms with Crippen molar-refractivity contribution >= 4 is 0 Å². The summed E-state index contributed by atoms with van der Waals surface area (Å²) in [6.07, 6.45) is 0.836. The first-order valence-corrected chi connectivity index (χ1v) is 7.42. The SMILES string of the molecule is CCOc1cccc(CNC)c1OCCCOCCOC. The summed E-state index contributed by atoms with van der Waals surface area (Å²) in [5.74, 6) is 1.62. The zero-order valence-electron chi connectivity index (χ0n) is 13.3. The number of rotatable bonds is 12. The first kappa shape index (κ1) is 17.8. The quantitative estimate of drug-likeness (QED) is 0.600. The Morgan fingerprint density at radius 2 is 1.90 bits per heavy atom. The predicted molar refractivity (Wildman–Crippen MR) is 83.2 cm³/mol. The van der Waals surface area contributed by atoms with Gasteiger partial charge in [0.1, 0.15) is 0 Å². The molecular formula is C16H27NO4. The Morgan fingerprint density at radius 3 is 2.62 bits per heavy atom. The average Bonchev–Trinajstić information content (AvgIpc) is 2.49. The Balaban J connectivity index is 2.47. The van der Waals surface area contributed by atoms with E-state index in [1.807, 2.05) is 32.2 Å². The standard InChI is InChI=1S/C16H27NO4/c1-4-20-15-8-5-7-14(13-17-2)16(15)21-10-6-9-19-12-11-18-3/h5,7-8,17H,4,6,9-13H2,1-3H3. The van der Waals surface area contributed by atoms with Crippen molar-refractivity contribution in [2.45, 2.75) is 19.9 Å². The van der Waals surface area contributed by atoms with Gasteiger partial charge in [-0.15, -0.1) is 0 Å². The second-order valence-corrected chi connectivity index (χ2v) is 4.51. The van der Waals surface area contributed by atoms with Gasteiger partial charge in [-0.05, 0) is 20.0 Å². The molecule has 1 rings (SSSR count). The van der Waals surface area contributed by atoms with Gasteiger partial charge >= 0.3 is 0 Å². The summed E-state index contributed by atoms with van der Waals surface area (Å²) in [7, 11) is 3.58. The summed E-state index contributed by atoms with van der Waals surface area (Å²) in [4.78, 5) is 0. The second-order valence-electron chi connectivity index (χ2n) is 4.51. The number of nitrogens with one attached hydrogen (secondary N) is 1. The summed E-state index contributed by atoms with van der Waals surface area (Å²) >= 11 is 0. The largest absolute Gasteiger partial charge is 0.490 e. The summed E-state index contributed by atoms with van der Waals surface area (Å²) in [6, 6.07) is 5.97. The first-order valence-electron chi connectivity index (χ1n) is 7.42. The van der Waals surface area contributed by atoms with Gasteiger partial charge in [-0.25, -0.2) is 0 Å². The van der Waals surface area contributed by atoms with E-state index in [9.17, 15) is 0 Å². The molecule has 120 valence electrons. The molecule has 5 nitrogen and oxygen atoms in total. The number of hydrogen-bond donors (Lipinski definition) is 1. The van der Waals surface area contributed by atoms with Crippen LogP contribution < -0.4 is 14.8 Å². The lowest BCUT2D eigenvalue weighted by molar-refractivity contribution is 0.0642. The molecule has 0 aliphatic carbocycles. The Labute approximate surface area is 127 Å². The van der Waals surface area contributed by atoms with Gasteiger partial charge in [0.25, 0.3) is 0 Å². The Bertz CT molecular complexity index is 360. The maximum Gasteiger partial charge on any atom is 0.165 e. The third-order valence-electron chi connectivity index (χ3n) is 2.84. The van der Waals surface area contributed by atoms with Gasteiger partial charge in [-0.3, -0.25) is 0 Å². The zero-order chi connectivity index (χ0) is 15.3. The molecule has 0 saturated carbocycles. The van der Waals surface area contributed by atoms with Crippen LogP contribution in [0.15, 0.2) is 18.2 Å². The number of hydrogen-bond acceptors (Lipinski definition) is 5. The fraction of sp³-hybridized carbons (Fsp3) is 0.625. The molecule has 1 N–H and O–H groups in total. The predicted octanol–water partition coefficient (Wildman–Crippen LogP) is 2.24. The van der Waals surface area contributed by atoms with E-state index in [1.54, 1.807) is 7.11 Å². The van der Waals surface area contributed by atoms with Crippen LogP contribution in [-0.2, 0) is 16.0 Å². The van der Waals surface area contributed by atoms with Crippen LogP contribution in [-0.4, -0.2) is 47.2 Å². The third kappa shape index (κ3) is 6.80. The van der Waals surface area contributed by atoms with Crippen molar-refractivity contribution in [1.82, 2.24) is 5.32 Å². The smallest absolute Gasteiger partial charge is 0.165 e. The zero-order valence-corrected chi connectivity index (χ0v) is 13.3. The van der Waals surface area contributed by atoms with Gasteiger partial charge in [0.2, 0.25) is 0 Å². The second kappa shape index (κ2) is 11.4. The molecular weight excluding hydrogens is 270 g/mol. The molecule has 0 radical (unpaired) electrons. The molecule has 0 aliphatic heterocycles. The van der Waals surface area contributed by atoms with Gasteiger partial charge in [0.15, 0.2) is 11.5 Å². The van der Waals surface area contributed by atoms with Crippen LogP contribution in [0.3, 0.4) is 0 Å². The van der Waals surface area contributed by atoms with Crippen LogP contribution in [0.4, 0.5) is 0 Å². The van der Waals surface area contributed by atoms with E-state index in [1.165, 1.54) is 0 Å². The highest BCUT2D eigenvalue weighted by Crippen LogP contribution is 2.31. The van der Waals surface area contributed by atoms with Crippen molar-refractivity contribution in [2.24, 2.45) is 0 Å². The highest BCUT2D eigenvalue weighted by Gasteiger charge is 2.10. The molecule has 0 spiro atoms.